The van der Waals surface area contributed by atoms with Crippen molar-refractivity contribution in [3.05, 3.63) is 51.7 Å². The molecule has 0 unspecified atom stereocenters. The smallest absolute Gasteiger partial charge is 0.255 e. The van der Waals surface area contributed by atoms with Gasteiger partial charge in [0.2, 0.25) is 0 Å². The molecule has 18 heavy (non-hydrogen) atoms. The first kappa shape index (κ1) is 13.4. The third kappa shape index (κ3) is 3.46. The van der Waals surface area contributed by atoms with Crippen LogP contribution < -0.4 is 5.32 Å². The topological polar surface area (TPSA) is 42.0 Å². The van der Waals surface area contributed by atoms with Crippen LogP contribution in [-0.4, -0.2) is 17.1 Å². The van der Waals surface area contributed by atoms with Gasteiger partial charge in [0.05, 0.1) is 16.9 Å². The van der Waals surface area contributed by atoms with E-state index >= 15 is 0 Å². The highest BCUT2D eigenvalue weighted by Gasteiger charge is 2.05. The van der Waals surface area contributed by atoms with Gasteiger partial charge in [-0.15, -0.1) is 11.8 Å². The van der Waals surface area contributed by atoms with E-state index in [4.69, 9.17) is 0 Å². The number of pyridine rings is 1. The second kappa shape index (κ2) is 6.19. The maximum absolute atomic E-state index is 11.9. The Morgan fingerprint density at radius 3 is 2.50 bits per heavy atom. The monoisotopic (exact) mass is 370 g/mol. The lowest BCUT2D eigenvalue weighted by Gasteiger charge is -2.05. The summed E-state index contributed by atoms with van der Waals surface area (Å²) in [7, 11) is 0. The number of carbonyl (C=O) groups excluding carboxylic acids is 1. The van der Waals surface area contributed by atoms with E-state index in [0.29, 0.717) is 11.3 Å². The number of benzene rings is 1. The van der Waals surface area contributed by atoms with Crippen LogP contribution in [0.2, 0.25) is 0 Å². The molecule has 2 aromatic rings. The molecular weight excluding hydrogens is 359 g/mol. The third-order valence-corrected chi connectivity index (χ3v) is 3.69. The lowest BCUT2D eigenvalue weighted by Crippen LogP contribution is -2.11. The number of thioether (sulfide) groups is 1. The summed E-state index contributed by atoms with van der Waals surface area (Å²) >= 11 is 3.78. The van der Waals surface area contributed by atoms with Crippen LogP contribution in [-0.2, 0) is 0 Å². The second-order valence-corrected chi connectivity index (χ2v) is 5.62. The minimum Gasteiger partial charge on any atom is -0.321 e. The molecule has 0 saturated carbocycles. The molecule has 3 nitrogen and oxygen atoms in total. The number of amides is 1. The van der Waals surface area contributed by atoms with Gasteiger partial charge in [-0.1, -0.05) is 0 Å². The van der Waals surface area contributed by atoms with Crippen LogP contribution in [0, 0.1) is 3.57 Å². The minimum absolute atomic E-state index is 0.120. The number of halogens is 1. The van der Waals surface area contributed by atoms with Gasteiger partial charge in [0.1, 0.15) is 0 Å². The zero-order valence-corrected chi connectivity index (χ0v) is 12.7. The molecule has 0 atom stereocenters. The van der Waals surface area contributed by atoms with Gasteiger partial charge in [-0.3, -0.25) is 4.79 Å². The van der Waals surface area contributed by atoms with Gasteiger partial charge in [0.25, 0.3) is 5.91 Å². The Morgan fingerprint density at radius 1 is 1.22 bits per heavy atom. The second-order valence-electron chi connectivity index (χ2n) is 3.55. The molecule has 5 heteroatoms. The number of hydrogen-bond acceptors (Lipinski definition) is 3. The molecule has 0 radical (unpaired) electrons. The quantitative estimate of drug-likeness (QED) is 0.662. The van der Waals surface area contributed by atoms with Crippen LogP contribution in [0.5, 0.6) is 0 Å². The zero-order valence-electron chi connectivity index (χ0n) is 9.68. The van der Waals surface area contributed by atoms with Crippen molar-refractivity contribution in [3.63, 3.8) is 0 Å². The molecular formula is C13H11IN2OS. The van der Waals surface area contributed by atoms with E-state index in [-0.39, 0.29) is 5.91 Å². The Labute approximate surface area is 124 Å². The number of anilines is 1. The number of hydrogen-bond donors (Lipinski definition) is 1. The maximum atomic E-state index is 11.9. The van der Waals surface area contributed by atoms with E-state index in [1.54, 1.807) is 30.1 Å². The minimum atomic E-state index is -0.120. The summed E-state index contributed by atoms with van der Waals surface area (Å²) in [6.45, 7) is 0. The highest BCUT2D eigenvalue weighted by molar-refractivity contribution is 14.1. The van der Waals surface area contributed by atoms with Gasteiger partial charge in [-0.2, -0.15) is 0 Å². The number of carbonyl (C=O) groups is 1. The molecule has 1 amide bonds. The van der Waals surface area contributed by atoms with E-state index in [9.17, 15) is 4.79 Å². The lowest BCUT2D eigenvalue weighted by molar-refractivity contribution is 0.102. The SMILES string of the molecule is CSc1ccc(NC(=O)c2ccc(I)cc2)cn1. The number of nitrogens with zero attached hydrogens (tertiary/aromatic N) is 1. The fourth-order valence-corrected chi connectivity index (χ4v) is 2.10. The Hall–Kier alpha value is -1.08. The first-order chi connectivity index (χ1) is 8.69. The standard InChI is InChI=1S/C13H11IN2OS/c1-18-12-7-6-11(8-15-12)16-13(17)9-2-4-10(14)5-3-9/h2-8H,1H3,(H,16,17). The van der Waals surface area contributed by atoms with Crippen molar-refractivity contribution in [2.24, 2.45) is 0 Å². The molecule has 92 valence electrons. The highest BCUT2D eigenvalue weighted by atomic mass is 127. The van der Waals surface area contributed by atoms with Crippen LogP contribution in [0.15, 0.2) is 47.6 Å². The summed E-state index contributed by atoms with van der Waals surface area (Å²) in [5.41, 5.74) is 1.35. The molecule has 1 N–H and O–H groups in total. The van der Waals surface area contributed by atoms with Gasteiger partial charge in [0.15, 0.2) is 0 Å². The number of nitrogens with one attached hydrogen (secondary N) is 1. The summed E-state index contributed by atoms with van der Waals surface area (Å²) in [5.74, 6) is -0.120. The Morgan fingerprint density at radius 2 is 1.94 bits per heavy atom. The highest BCUT2D eigenvalue weighted by Crippen LogP contribution is 2.15. The Balaban J connectivity index is 2.08. The van der Waals surface area contributed by atoms with E-state index in [2.05, 4.69) is 32.9 Å². The van der Waals surface area contributed by atoms with E-state index in [1.807, 2.05) is 30.5 Å². The van der Waals surface area contributed by atoms with Crippen molar-refractivity contribution in [2.45, 2.75) is 5.03 Å². The molecule has 1 aromatic carbocycles. The Bertz CT molecular complexity index is 540. The van der Waals surface area contributed by atoms with Gasteiger partial charge in [0, 0.05) is 9.13 Å². The van der Waals surface area contributed by atoms with Crippen molar-refractivity contribution in [2.75, 3.05) is 11.6 Å². The zero-order chi connectivity index (χ0) is 13.0. The van der Waals surface area contributed by atoms with Crippen LogP contribution in [0.1, 0.15) is 10.4 Å². The summed E-state index contributed by atoms with van der Waals surface area (Å²) < 4.78 is 1.11. The fraction of sp³-hybridized carbons (Fsp3) is 0.0769. The summed E-state index contributed by atoms with van der Waals surface area (Å²) in [5, 5.41) is 3.75. The van der Waals surface area contributed by atoms with E-state index in [0.717, 1.165) is 8.60 Å². The number of rotatable bonds is 3. The average Bonchev–Trinajstić information content (AvgIpc) is 2.40. The molecule has 0 spiro atoms. The summed E-state index contributed by atoms with van der Waals surface area (Å²) in [6, 6.07) is 11.2. The van der Waals surface area contributed by atoms with Crippen molar-refractivity contribution in [3.8, 4) is 0 Å². The van der Waals surface area contributed by atoms with Crippen molar-refractivity contribution >= 4 is 45.9 Å². The molecule has 0 aliphatic heterocycles. The normalized spacial score (nSPS) is 10.1. The average molecular weight is 370 g/mol. The largest absolute Gasteiger partial charge is 0.321 e. The lowest BCUT2D eigenvalue weighted by atomic mass is 10.2. The van der Waals surface area contributed by atoms with Crippen molar-refractivity contribution in [1.29, 1.82) is 0 Å². The Kier molecular flexibility index (Phi) is 4.60. The van der Waals surface area contributed by atoms with E-state index in [1.165, 1.54) is 0 Å². The fourth-order valence-electron chi connectivity index (χ4n) is 1.38. The molecule has 1 heterocycles. The van der Waals surface area contributed by atoms with Gasteiger partial charge in [-0.05, 0) is 65.2 Å². The van der Waals surface area contributed by atoms with Crippen molar-refractivity contribution < 1.29 is 4.79 Å². The first-order valence-electron chi connectivity index (χ1n) is 5.26. The molecule has 2 rings (SSSR count). The molecule has 0 aliphatic carbocycles. The third-order valence-electron chi connectivity index (χ3n) is 2.31. The number of aromatic nitrogens is 1. The maximum Gasteiger partial charge on any atom is 0.255 e. The summed E-state index contributed by atoms with van der Waals surface area (Å²) in [4.78, 5) is 16.1. The molecule has 0 aliphatic rings. The van der Waals surface area contributed by atoms with Crippen LogP contribution >= 0.6 is 34.4 Å². The molecule has 1 aromatic heterocycles. The van der Waals surface area contributed by atoms with Crippen LogP contribution in [0.4, 0.5) is 5.69 Å². The van der Waals surface area contributed by atoms with Crippen molar-refractivity contribution in [1.82, 2.24) is 4.98 Å². The van der Waals surface area contributed by atoms with Gasteiger partial charge >= 0.3 is 0 Å². The predicted molar refractivity (Wildman–Crippen MR) is 83.1 cm³/mol. The first-order valence-corrected chi connectivity index (χ1v) is 7.56. The van der Waals surface area contributed by atoms with Crippen LogP contribution in [0.3, 0.4) is 0 Å². The predicted octanol–water partition coefficient (Wildman–Crippen LogP) is 3.66. The summed E-state index contributed by atoms with van der Waals surface area (Å²) in [6.07, 6.45) is 3.63. The van der Waals surface area contributed by atoms with Gasteiger partial charge in [-0.25, -0.2) is 4.98 Å². The van der Waals surface area contributed by atoms with Crippen LogP contribution in [0.25, 0.3) is 0 Å². The molecule has 0 bridgehead atoms. The van der Waals surface area contributed by atoms with Gasteiger partial charge < -0.3 is 5.32 Å². The molecule has 0 saturated heterocycles. The molecule has 0 fully saturated rings. The van der Waals surface area contributed by atoms with E-state index < -0.39 is 0 Å².